The Labute approximate surface area is 170 Å². The van der Waals surface area contributed by atoms with Crippen molar-refractivity contribution in [3.05, 3.63) is 65.9 Å². The van der Waals surface area contributed by atoms with Gasteiger partial charge in [-0.2, -0.15) is 0 Å². The van der Waals surface area contributed by atoms with E-state index in [0.29, 0.717) is 18.2 Å². The Bertz CT molecular complexity index is 981. The van der Waals surface area contributed by atoms with Gasteiger partial charge in [-0.3, -0.25) is 0 Å². The minimum absolute atomic E-state index is 0.235. The van der Waals surface area contributed by atoms with E-state index in [0.717, 1.165) is 22.1 Å². The molecule has 2 aromatic carbocycles. The fourth-order valence-corrected chi connectivity index (χ4v) is 2.78. The van der Waals surface area contributed by atoms with Gasteiger partial charge in [-0.05, 0) is 49.9 Å². The van der Waals surface area contributed by atoms with Crippen LogP contribution in [0.25, 0.3) is 10.8 Å². The number of nitrogens with one attached hydrogen (secondary N) is 1. The van der Waals surface area contributed by atoms with Gasteiger partial charge in [-0.25, -0.2) is 9.78 Å². The quantitative estimate of drug-likeness (QED) is 0.647. The van der Waals surface area contributed by atoms with Crippen molar-refractivity contribution in [2.75, 3.05) is 7.11 Å². The Balaban J connectivity index is 1.84. The molecule has 1 amide bonds. The van der Waals surface area contributed by atoms with Gasteiger partial charge in [0.15, 0.2) is 0 Å². The lowest BCUT2D eigenvalue weighted by Crippen LogP contribution is -2.32. The smallest absolute Gasteiger partial charge is 0.407 e. The van der Waals surface area contributed by atoms with Crippen LogP contribution in [-0.4, -0.2) is 23.8 Å². The van der Waals surface area contributed by atoms with Gasteiger partial charge in [0.25, 0.3) is 0 Å². The molecule has 0 unspecified atom stereocenters. The number of methoxy groups -OCH3 is 1. The highest BCUT2D eigenvalue weighted by Crippen LogP contribution is 2.29. The number of benzene rings is 2. The maximum atomic E-state index is 12.0. The molecule has 1 heterocycles. The fourth-order valence-electron chi connectivity index (χ4n) is 2.78. The molecular weight excluding hydrogens is 368 g/mol. The Morgan fingerprint density at radius 1 is 1.07 bits per heavy atom. The number of nitrogens with zero attached hydrogens (tertiary/aromatic N) is 1. The molecule has 0 saturated carbocycles. The van der Waals surface area contributed by atoms with Crippen LogP contribution < -0.4 is 14.8 Å². The Morgan fingerprint density at radius 2 is 1.83 bits per heavy atom. The van der Waals surface area contributed by atoms with Gasteiger partial charge < -0.3 is 19.5 Å². The van der Waals surface area contributed by atoms with Crippen molar-refractivity contribution in [2.24, 2.45) is 0 Å². The van der Waals surface area contributed by atoms with E-state index in [4.69, 9.17) is 14.2 Å². The molecule has 0 saturated heterocycles. The monoisotopic (exact) mass is 394 g/mol. The van der Waals surface area contributed by atoms with E-state index in [-0.39, 0.29) is 6.54 Å². The van der Waals surface area contributed by atoms with Crippen molar-refractivity contribution < 1.29 is 19.0 Å². The molecule has 0 atom stereocenters. The average Bonchev–Trinajstić information content (AvgIpc) is 2.69. The summed E-state index contributed by atoms with van der Waals surface area (Å²) in [6, 6.07) is 17.5. The van der Waals surface area contributed by atoms with Gasteiger partial charge in [-0.1, -0.05) is 36.4 Å². The maximum absolute atomic E-state index is 12.0. The van der Waals surface area contributed by atoms with Crippen LogP contribution in [-0.2, 0) is 17.9 Å². The molecule has 0 radical (unpaired) electrons. The Kier molecular flexibility index (Phi) is 6.22. The number of alkyl carbamates (subject to hydrolysis) is 1. The molecule has 29 heavy (non-hydrogen) atoms. The number of aromatic nitrogens is 1. The van der Waals surface area contributed by atoms with E-state index < -0.39 is 11.7 Å². The number of carbonyl (C=O) groups is 1. The van der Waals surface area contributed by atoms with Crippen LogP contribution in [0.15, 0.2) is 54.6 Å². The second-order valence-corrected chi connectivity index (χ2v) is 7.64. The van der Waals surface area contributed by atoms with Crippen molar-refractivity contribution in [3.63, 3.8) is 0 Å². The first-order chi connectivity index (χ1) is 13.8. The largest absolute Gasteiger partial charge is 0.497 e. The average molecular weight is 394 g/mol. The lowest BCUT2D eigenvalue weighted by molar-refractivity contribution is 0.0522. The van der Waals surface area contributed by atoms with E-state index in [1.807, 2.05) is 75.4 Å². The zero-order valence-corrected chi connectivity index (χ0v) is 17.2. The van der Waals surface area contributed by atoms with Gasteiger partial charge in [0.05, 0.1) is 19.3 Å². The van der Waals surface area contributed by atoms with E-state index in [2.05, 4.69) is 10.3 Å². The summed E-state index contributed by atoms with van der Waals surface area (Å²) in [5, 5.41) is 4.54. The first kappa shape index (κ1) is 20.5. The number of ether oxygens (including phenoxy) is 3. The van der Waals surface area contributed by atoms with Crippen molar-refractivity contribution in [3.8, 4) is 11.6 Å². The van der Waals surface area contributed by atoms with Crippen molar-refractivity contribution in [1.29, 1.82) is 0 Å². The summed E-state index contributed by atoms with van der Waals surface area (Å²) >= 11 is 0. The summed E-state index contributed by atoms with van der Waals surface area (Å²) in [4.78, 5) is 16.6. The van der Waals surface area contributed by atoms with Crippen LogP contribution in [0.5, 0.6) is 11.6 Å². The summed E-state index contributed by atoms with van der Waals surface area (Å²) in [7, 11) is 1.62. The molecule has 3 aromatic rings. The normalized spacial score (nSPS) is 11.2. The number of rotatable bonds is 6. The van der Waals surface area contributed by atoms with Gasteiger partial charge >= 0.3 is 6.09 Å². The second-order valence-electron chi connectivity index (χ2n) is 7.64. The molecule has 6 heteroatoms. The van der Waals surface area contributed by atoms with Gasteiger partial charge in [0.1, 0.15) is 18.0 Å². The number of pyridine rings is 1. The molecule has 1 N–H and O–H groups in total. The number of hydrogen-bond acceptors (Lipinski definition) is 5. The van der Waals surface area contributed by atoms with Crippen LogP contribution in [0.2, 0.25) is 0 Å². The second kappa shape index (κ2) is 8.82. The third-order valence-corrected chi connectivity index (χ3v) is 4.09. The molecule has 152 valence electrons. The lowest BCUT2D eigenvalue weighted by Gasteiger charge is -2.19. The molecule has 0 fully saturated rings. The lowest BCUT2D eigenvalue weighted by atomic mass is 10.1. The minimum Gasteiger partial charge on any atom is -0.497 e. The van der Waals surface area contributed by atoms with Crippen LogP contribution in [0, 0.1) is 0 Å². The van der Waals surface area contributed by atoms with E-state index in [9.17, 15) is 4.79 Å². The summed E-state index contributed by atoms with van der Waals surface area (Å²) in [5.41, 5.74) is 1.17. The SMILES string of the molecule is COc1ccc2cc(CNC(=O)OC(C)(C)C)nc(OCc3ccccc3)c2c1. The minimum atomic E-state index is -0.554. The highest BCUT2D eigenvalue weighted by molar-refractivity contribution is 5.88. The molecule has 1 aromatic heterocycles. The molecule has 0 aliphatic rings. The fraction of sp³-hybridized carbons (Fsp3) is 0.304. The molecule has 0 aliphatic heterocycles. The summed E-state index contributed by atoms with van der Waals surface area (Å²) in [6.07, 6.45) is -0.485. The Hall–Kier alpha value is -3.28. The van der Waals surface area contributed by atoms with Crippen LogP contribution in [0.3, 0.4) is 0 Å². The molecule has 0 aliphatic carbocycles. The summed E-state index contributed by atoms with van der Waals surface area (Å²) in [5.74, 6) is 1.22. The predicted octanol–water partition coefficient (Wildman–Crippen LogP) is 4.85. The zero-order valence-electron chi connectivity index (χ0n) is 17.2. The number of carbonyl (C=O) groups excluding carboxylic acids is 1. The first-order valence-electron chi connectivity index (χ1n) is 9.45. The van der Waals surface area contributed by atoms with Crippen molar-refractivity contribution in [1.82, 2.24) is 10.3 Å². The topological polar surface area (TPSA) is 69.7 Å². The third kappa shape index (κ3) is 5.85. The molecular formula is C23H26N2O4. The van der Waals surface area contributed by atoms with Gasteiger partial charge in [0, 0.05) is 5.39 Å². The van der Waals surface area contributed by atoms with Crippen LogP contribution in [0.1, 0.15) is 32.0 Å². The number of fused-ring (bicyclic) bond motifs is 1. The zero-order chi connectivity index (χ0) is 20.9. The highest BCUT2D eigenvalue weighted by atomic mass is 16.6. The molecule has 3 rings (SSSR count). The van der Waals surface area contributed by atoms with Gasteiger partial charge in [-0.15, -0.1) is 0 Å². The van der Waals surface area contributed by atoms with Crippen LogP contribution in [0.4, 0.5) is 4.79 Å². The molecule has 0 bridgehead atoms. The first-order valence-corrected chi connectivity index (χ1v) is 9.45. The van der Waals surface area contributed by atoms with Crippen molar-refractivity contribution >= 4 is 16.9 Å². The van der Waals surface area contributed by atoms with E-state index in [1.54, 1.807) is 7.11 Å². The standard InChI is InChI=1S/C23H26N2O4/c1-23(2,3)29-22(26)24-14-18-12-17-10-11-19(27-4)13-20(17)21(25-18)28-15-16-8-6-5-7-9-16/h5-13H,14-15H2,1-4H3,(H,24,26). The number of hydrogen-bond donors (Lipinski definition) is 1. The van der Waals surface area contributed by atoms with Crippen LogP contribution >= 0.6 is 0 Å². The van der Waals surface area contributed by atoms with E-state index >= 15 is 0 Å². The van der Waals surface area contributed by atoms with Crippen molar-refractivity contribution in [2.45, 2.75) is 39.5 Å². The van der Waals surface area contributed by atoms with E-state index in [1.165, 1.54) is 0 Å². The Morgan fingerprint density at radius 3 is 2.52 bits per heavy atom. The third-order valence-electron chi connectivity index (χ3n) is 4.09. The highest BCUT2D eigenvalue weighted by Gasteiger charge is 2.16. The van der Waals surface area contributed by atoms with Gasteiger partial charge in [0.2, 0.25) is 5.88 Å². The summed E-state index contributed by atoms with van der Waals surface area (Å²) in [6.45, 7) is 6.10. The molecule has 6 nitrogen and oxygen atoms in total. The summed E-state index contributed by atoms with van der Waals surface area (Å²) < 4.78 is 16.6. The molecule has 0 spiro atoms. The number of amides is 1. The maximum Gasteiger partial charge on any atom is 0.407 e. The predicted molar refractivity (Wildman–Crippen MR) is 112 cm³/mol.